The average molecular weight is 309 g/mol. The molecular formula is C15H23N3O2S. The maximum Gasteiger partial charge on any atom is 0.251 e. The number of amidine groups is 1. The van der Waals surface area contributed by atoms with Crippen LogP contribution in [0.25, 0.3) is 0 Å². The highest BCUT2D eigenvalue weighted by molar-refractivity contribution is 7.98. The standard InChI is InChI=1S/C15H23N3O2S/c1-21-11-5-3-2-4-10-17-15(19)13-8-6-12(7-9-13)14(16)18-20/h6-9,20H,2-5,10-11H2,1H3,(H2,16,18)(H,17,19). The van der Waals surface area contributed by atoms with Crippen LogP contribution >= 0.6 is 11.8 Å². The summed E-state index contributed by atoms with van der Waals surface area (Å²) in [5.41, 5.74) is 6.63. The van der Waals surface area contributed by atoms with Gasteiger partial charge in [0.15, 0.2) is 5.84 Å². The zero-order chi connectivity index (χ0) is 15.5. The first-order valence-corrected chi connectivity index (χ1v) is 8.43. The first-order chi connectivity index (χ1) is 10.2. The average Bonchev–Trinajstić information content (AvgIpc) is 2.53. The summed E-state index contributed by atoms with van der Waals surface area (Å²) >= 11 is 1.87. The van der Waals surface area contributed by atoms with E-state index in [1.165, 1.54) is 18.6 Å². The number of hydrogen-bond acceptors (Lipinski definition) is 4. The first-order valence-electron chi connectivity index (χ1n) is 7.04. The molecule has 0 atom stereocenters. The van der Waals surface area contributed by atoms with Crippen LogP contribution in [-0.2, 0) is 0 Å². The molecule has 0 aromatic heterocycles. The summed E-state index contributed by atoms with van der Waals surface area (Å²) in [7, 11) is 0. The fraction of sp³-hybridized carbons (Fsp3) is 0.467. The number of thioether (sulfide) groups is 1. The van der Waals surface area contributed by atoms with E-state index < -0.39 is 0 Å². The SMILES string of the molecule is CSCCCCCCNC(=O)c1ccc(/C(N)=N/O)cc1. The van der Waals surface area contributed by atoms with Crippen LogP contribution in [0.2, 0.25) is 0 Å². The van der Waals surface area contributed by atoms with E-state index in [1.807, 2.05) is 11.8 Å². The highest BCUT2D eigenvalue weighted by Gasteiger charge is 2.05. The van der Waals surface area contributed by atoms with Crippen LogP contribution in [0, 0.1) is 0 Å². The van der Waals surface area contributed by atoms with Crippen molar-refractivity contribution in [2.75, 3.05) is 18.6 Å². The predicted molar refractivity (Wildman–Crippen MR) is 88.1 cm³/mol. The molecule has 1 rings (SSSR count). The number of hydrogen-bond donors (Lipinski definition) is 3. The second kappa shape index (κ2) is 10.1. The molecule has 6 heteroatoms. The minimum atomic E-state index is -0.0924. The van der Waals surface area contributed by atoms with E-state index in [0.717, 1.165) is 12.8 Å². The number of carbonyl (C=O) groups is 1. The molecule has 116 valence electrons. The van der Waals surface area contributed by atoms with Crippen molar-refractivity contribution in [1.29, 1.82) is 0 Å². The van der Waals surface area contributed by atoms with Gasteiger partial charge in [0.1, 0.15) is 0 Å². The highest BCUT2D eigenvalue weighted by Crippen LogP contribution is 2.06. The van der Waals surface area contributed by atoms with Gasteiger partial charge in [0, 0.05) is 17.7 Å². The van der Waals surface area contributed by atoms with Gasteiger partial charge in [-0.1, -0.05) is 30.1 Å². The molecule has 0 bridgehead atoms. The lowest BCUT2D eigenvalue weighted by Crippen LogP contribution is -2.24. The Morgan fingerprint density at radius 2 is 1.81 bits per heavy atom. The quantitative estimate of drug-likeness (QED) is 0.215. The highest BCUT2D eigenvalue weighted by atomic mass is 32.2. The van der Waals surface area contributed by atoms with Crippen molar-refractivity contribution in [3.05, 3.63) is 35.4 Å². The molecule has 0 saturated heterocycles. The van der Waals surface area contributed by atoms with Crippen LogP contribution in [0.3, 0.4) is 0 Å². The Morgan fingerprint density at radius 1 is 1.19 bits per heavy atom. The van der Waals surface area contributed by atoms with Gasteiger partial charge in [-0.2, -0.15) is 11.8 Å². The molecular weight excluding hydrogens is 286 g/mol. The number of benzene rings is 1. The van der Waals surface area contributed by atoms with Gasteiger partial charge < -0.3 is 16.3 Å². The first kappa shape index (κ1) is 17.4. The fourth-order valence-corrected chi connectivity index (χ4v) is 2.37. The lowest BCUT2D eigenvalue weighted by Gasteiger charge is -2.06. The molecule has 0 radical (unpaired) electrons. The molecule has 0 aliphatic carbocycles. The number of amides is 1. The molecule has 21 heavy (non-hydrogen) atoms. The molecule has 0 aliphatic rings. The summed E-state index contributed by atoms with van der Waals surface area (Å²) in [5, 5.41) is 14.4. The molecule has 0 unspecified atom stereocenters. The number of unbranched alkanes of at least 4 members (excludes halogenated alkanes) is 3. The third kappa shape index (κ3) is 6.53. The van der Waals surface area contributed by atoms with Gasteiger partial charge in [-0.05, 0) is 37.0 Å². The largest absolute Gasteiger partial charge is 0.409 e. The van der Waals surface area contributed by atoms with Gasteiger partial charge in [-0.15, -0.1) is 0 Å². The summed E-state index contributed by atoms with van der Waals surface area (Å²) in [5.74, 6) is 1.15. The van der Waals surface area contributed by atoms with E-state index in [4.69, 9.17) is 10.9 Å². The van der Waals surface area contributed by atoms with Crippen LogP contribution in [-0.4, -0.2) is 35.5 Å². The Balaban J connectivity index is 2.29. The van der Waals surface area contributed by atoms with Gasteiger partial charge in [-0.3, -0.25) is 4.79 Å². The summed E-state index contributed by atoms with van der Waals surface area (Å²) < 4.78 is 0. The van der Waals surface area contributed by atoms with Crippen LogP contribution in [0.4, 0.5) is 0 Å². The minimum absolute atomic E-state index is 0.0344. The molecule has 4 N–H and O–H groups in total. The molecule has 0 spiro atoms. The normalized spacial score (nSPS) is 11.4. The van der Waals surface area contributed by atoms with Gasteiger partial charge in [0.25, 0.3) is 5.91 Å². The van der Waals surface area contributed by atoms with Crippen molar-refractivity contribution in [3.8, 4) is 0 Å². The van der Waals surface area contributed by atoms with Gasteiger partial charge >= 0.3 is 0 Å². The summed E-state index contributed by atoms with van der Waals surface area (Å²) in [6, 6.07) is 6.65. The molecule has 1 amide bonds. The molecule has 0 heterocycles. The summed E-state index contributed by atoms with van der Waals surface area (Å²) in [6.45, 7) is 0.695. The number of carbonyl (C=O) groups excluding carboxylic acids is 1. The van der Waals surface area contributed by atoms with E-state index in [2.05, 4.69) is 16.7 Å². The van der Waals surface area contributed by atoms with Gasteiger partial charge in [0.05, 0.1) is 0 Å². The topological polar surface area (TPSA) is 87.7 Å². The third-order valence-corrected chi connectivity index (χ3v) is 3.81. The Morgan fingerprint density at radius 3 is 2.43 bits per heavy atom. The maximum absolute atomic E-state index is 11.9. The molecule has 0 saturated carbocycles. The maximum atomic E-state index is 11.9. The molecule has 0 aliphatic heterocycles. The van der Waals surface area contributed by atoms with Crippen molar-refractivity contribution >= 4 is 23.5 Å². The monoisotopic (exact) mass is 309 g/mol. The molecule has 1 aromatic rings. The number of nitrogens with two attached hydrogens (primary N) is 1. The number of oxime groups is 1. The summed E-state index contributed by atoms with van der Waals surface area (Å²) in [6.07, 6.45) is 6.71. The van der Waals surface area contributed by atoms with Crippen molar-refractivity contribution in [2.24, 2.45) is 10.9 Å². The second-order valence-corrected chi connectivity index (χ2v) is 5.71. The van der Waals surface area contributed by atoms with E-state index in [-0.39, 0.29) is 11.7 Å². The number of nitrogens with zero attached hydrogens (tertiary/aromatic N) is 1. The number of rotatable bonds is 9. The Labute approximate surface area is 130 Å². The Bertz CT molecular complexity index is 460. The van der Waals surface area contributed by atoms with Gasteiger partial charge in [-0.25, -0.2) is 0 Å². The van der Waals surface area contributed by atoms with E-state index >= 15 is 0 Å². The van der Waals surface area contributed by atoms with Crippen molar-refractivity contribution in [1.82, 2.24) is 5.32 Å². The molecule has 5 nitrogen and oxygen atoms in total. The Kier molecular flexibility index (Phi) is 8.35. The van der Waals surface area contributed by atoms with E-state index in [1.54, 1.807) is 24.3 Å². The third-order valence-electron chi connectivity index (χ3n) is 3.11. The zero-order valence-electron chi connectivity index (χ0n) is 12.3. The smallest absolute Gasteiger partial charge is 0.251 e. The predicted octanol–water partition coefficient (Wildman–Crippen LogP) is 2.43. The fourth-order valence-electron chi connectivity index (χ4n) is 1.88. The van der Waals surface area contributed by atoms with E-state index in [0.29, 0.717) is 17.7 Å². The van der Waals surface area contributed by atoms with E-state index in [9.17, 15) is 4.79 Å². The summed E-state index contributed by atoms with van der Waals surface area (Å²) in [4.78, 5) is 11.9. The van der Waals surface area contributed by atoms with Gasteiger partial charge in [0.2, 0.25) is 0 Å². The zero-order valence-corrected chi connectivity index (χ0v) is 13.2. The lowest BCUT2D eigenvalue weighted by molar-refractivity contribution is 0.0953. The van der Waals surface area contributed by atoms with Crippen molar-refractivity contribution in [2.45, 2.75) is 25.7 Å². The second-order valence-electron chi connectivity index (χ2n) is 4.73. The van der Waals surface area contributed by atoms with Crippen molar-refractivity contribution < 1.29 is 10.0 Å². The van der Waals surface area contributed by atoms with Crippen LogP contribution in [0.15, 0.2) is 29.4 Å². The Hall–Kier alpha value is -1.69. The number of nitrogens with one attached hydrogen (secondary N) is 1. The lowest BCUT2D eigenvalue weighted by atomic mass is 10.1. The van der Waals surface area contributed by atoms with Crippen LogP contribution in [0.1, 0.15) is 41.6 Å². The minimum Gasteiger partial charge on any atom is -0.409 e. The van der Waals surface area contributed by atoms with Crippen molar-refractivity contribution in [3.63, 3.8) is 0 Å². The van der Waals surface area contributed by atoms with Crippen LogP contribution in [0.5, 0.6) is 0 Å². The molecule has 0 fully saturated rings. The molecule has 1 aromatic carbocycles. The van der Waals surface area contributed by atoms with Crippen LogP contribution < -0.4 is 11.1 Å².